The third kappa shape index (κ3) is 3.46. The Kier molecular flexibility index (Phi) is 6.10. The minimum atomic E-state index is -2.51. The summed E-state index contributed by atoms with van der Waals surface area (Å²) < 4.78 is 0. The number of fused-ring (bicyclic) bond motifs is 3. The predicted molar refractivity (Wildman–Crippen MR) is 134 cm³/mol. The van der Waals surface area contributed by atoms with Crippen molar-refractivity contribution in [1.29, 1.82) is 5.41 Å². The number of benzene rings is 1. The Labute approximate surface area is 219 Å². The van der Waals surface area contributed by atoms with Crippen LogP contribution in [-0.2, 0) is 20.8 Å². The van der Waals surface area contributed by atoms with Gasteiger partial charge in [-0.25, -0.2) is 0 Å². The second-order valence-corrected chi connectivity index (χ2v) is 11.5. The van der Waals surface area contributed by atoms with E-state index in [4.69, 9.17) is 22.7 Å². The average Bonchev–Trinajstić information content (AvgIpc) is 3.23. The summed E-state index contributed by atoms with van der Waals surface area (Å²) >= 11 is 6.85. The number of hydrogen-bond donors (Lipinski definition) is 4. The number of carbonyl (C=O) groups is 4. The fourth-order valence-electron chi connectivity index (χ4n) is 7.27. The molecule has 3 fully saturated rings. The van der Waals surface area contributed by atoms with Crippen LogP contribution in [0.15, 0.2) is 6.07 Å². The van der Waals surface area contributed by atoms with E-state index in [1.807, 2.05) is 7.05 Å². The van der Waals surface area contributed by atoms with Crippen molar-refractivity contribution >= 4 is 40.6 Å². The van der Waals surface area contributed by atoms with E-state index in [1.165, 1.54) is 11.0 Å². The first-order chi connectivity index (χ1) is 17.3. The molecule has 0 bridgehead atoms. The predicted octanol–water partition coefficient (Wildman–Crippen LogP) is 0.738. The summed E-state index contributed by atoms with van der Waals surface area (Å²) in [4.78, 5) is 56.7. The molecular weight excluding hydrogens is 500 g/mol. The molecule has 198 valence electrons. The maximum atomic E-state index is 13.9. The highest BCUT2D eigenvalue weighted by Crippen LogP contribution is 2.52. The van der Waals surface area contributed by atoms with Crippen molar-refractivity contribution in [2.75, 3.05) is 27.7 Å². The Hall–Kier alpha value is -2.66. The first-order valence-corrected chi connectivity index (χ1v) is 12.8. The molecule has 1 aromatic carbocycles. The number of phenolic OH excluding ortho intramolecular Hbond substituents is 1. The van der Waals surface area contributed by atoms with Gasteiger partial charge < -0.3 is 21.4 Å². The summed E-state index contributed by atoms with van der Waals surface area (Å²) in [5.41, 5.74) is 3.28. The third-order valence-corrected chi connectivity index (χ3v) is 9.41. The van der Waals surface area contributed by atoms with Gasteiger partial charge in [-0.1, -0.05) is 11.6 Å². The summed E-state index contributed by atoms with van der Waals surface area (Å²) in [7, 11) is 5.16. The van der Waals surface area contributed by atoms with E-state index in [0.717, 1.165) is 24.9 Å². The number of nitrogens with one attached hydrogen (secondary N) is 1. The average molecular weight is 531 g/mol. The van der Waals surface area contributed by atoms with Gasteiger partial charge in [0, 0.05) is 17.0 Å². The van der Waals surface area contributed by atoms with Gasteiger partial charge in [0.2, 0.25) is 5.91 Å². The van der Waals surface area contributed by atoms with Crippen LogP contribution >= 0.6 is 11.6 Å². The zero-order valence-electron chi connectivity index (χ0n) is 21.0. The molecule has 1 aromatic rings. The topological polar surface area (TPSA) is 165 Å². The third-order valence-electron chi connectivity index (χ3n) is 8.96. The van der Waals surface area contributed by atoms with Crippen molar-refractivity contribution in [1.82, 2.24) is 9.80 Å². The second kappa shape index (κ2) is 8.69. The number of likely N-dealkylation sites (N-methyl/N-ethyl adjacent to an activating group) is 1. The number of ketones is 3. The van der Waals surface area contributed by atoms with E-state index in [1.54, 1.807) is 14.1 Å². The number of primary amides is 1. The fourth-order valence-corrected chi connectivity index (χ4v) is 7.62. The van der Waals surface area contributed by atoms with Gasteiger partial charge in [0.15, 0.2) is 23.0 Å². The van der Waals surface area contributed by atoms with E-state index in [2.05, 4.69) is 4.90 Å². The number of nitrogens with two attached hydrogens (primary N) is 1. The maximum absolute atomic E-state index is 13.9. The maximum Gasteiger partial charge on any atom is 0.233 e. The number of Topliss-reactive ketones (excluding diaryl/α,β-unsaturated/α-hetero) is 3. The van der Waals surface area contributed by atoms with E-state index in [-0.39, 0.29) is 30.2 Å². The Morgan fingerprint density at radius 1 is 1.30 bits per heavy atom. The van der Waals surface area contributed by atoms with Crippen molar-refractivity contribution < 1.29 is 29.4 Å². The second-order valence-electron chi connectivity index (χ2n) is 11.1. The number of carbonyl (C=O) groups excluding carboxylic acids is 4. The molecule has 7 atom stereocenters. The van der Waals surface area contributed by atoms with Crippen LogP contribution < -0.4 is 5.73 Å². The zero-order valence-corrected chi connectivity index (χ0v) is 21.7. The Balaban J connectivity index is 1.62. The molecule has 0 aromatic heterocycles. The lowest BCUT2D eigenvalue weighted by Crippen LogP contribution is -2.73. The number of likely N-dealkylation sites (tertiary alicyclic amines) is 1. The van der Waals surface area contributed by atoms with Gasteiger partial charge >= 0.3 is 0 Å². The number of halogens is 1. The van der Waals surface area contributed by atoms with E-state index in [9.17, 15) is 29.4 Å². The number of nitrogens with zero attached hydrogens (tertiary/aromatic N) is 2. The zero-order chi connectivity index (χ0) is 27.1. The molecule has 2 saturated carbocycles. The summed E-state index contributed by atoms with van der Waals surface area (Å²) in [6.07, 6.45) is 2.11. The highest BCUT2D eigenvalue weighted by Gasteiger charge is 2.67. The van der Waals surface area contributed by atoms with Crippen LogP contribution in [0.5, 0.6) is 5.75 Å². The summed E-state index contributed by atoms with van der Waals surface area (Å²) in [5, 5.41) is 31.6. The highest BCUT2D eigenvalue weighted by molar-refractivity contribution is 6.35. The largest absolute Gasteiger partial charge is 0.507 e. The van der Waals surface area contributed by atoms with Crippen LogP contribution in [-0.4, -0.2) is 88.3 Å². The molecule has 37 heavy (non-hydrogen) atoms. The van der Waals surface area contributed by atoms with Crippen molar-refractivity contribution in [2.24, 2.45) is 29.4 Å². The molecule has 5 N–H and O–H groups in total. The summed E-state index contributed by atoms with van der Waals surface area (Å²) in [6.45, 7) is 0.884. The van der Waals surface area contributed by atoms with E-state index in [0.29, 0.717) is 10.6 Å². The molecule has 7 unspecified atom stereocenters. The lowest BCUT2D eigenvalue weighted by Gasteiger charge is -2.53. The van der Waals surface area contributed by atoms with Gasteiger partial charge in [0.05, 0.1) is 23.2 Å². The molecule has 10 nitrogen and oxygen atoms in total. The Morgan fingerprint density at radius 2 is 1.97 bits per heavy atom. The molecule has 4 aliphatic rings. The molecule has 5 rings (SSSR count). The van der Waals surface area contributed by atoms with Crippen LogP contribution in [0, 0.1) is 29.1 Å². The van der Waals surface area contributed by atoms with Crippen molar-refractivity contribution in [3.8, 4) is 5.75 Å². The van der Waals surface area contributed by atoms with Gasteiger partial charge in [-0.2, -0.15) is 0 Å². The smallest absolute Gasteiger partial charge is 0.233 e. The van der Waals surface area contributed by atoms with Gasteiger partial charge in [-0.3, -0.25) is 29.0 Å². The van der Waals surface area contributed by atoms with Gasteiger partial charge in [0.1, 0.15) is 11.7 Å². The molecular formula is C26H31ClN4O6. The van der Waals surface area contributed by atoms with Crippen molar-refractivity contribution in [3.05, 3.63) is 27.8 Å². The first kappa shape index (κ1) is 26.0. The summed E-state index contributed by atoms with van der Waals surface area (Å²) in [5.74, 6) is -8.40. The molecule has 0 spiro atoms. The van der Waals surface area contributed by atoms with Gasteiger partial charge in [-0.15, -0.1) is 0 Å². The quantitative estimate of drug-likeness (QED) is 0.415. The van der Waals surface area contributed by atoms with Crippen LogP contribution in [0.25, 0.3) is 0 Å². The number of amides is 1. The first-order valence-electron chi connectivity index (χ1n) is 12.5. The normalized spacial score (nSPS) is 35.9. The van der Waals surface area contributed by atoms with Gasteiger partial charge in [0.25, 0.3) is 0 Å². The number of aliphatic hydroxyl groups is 1. The van der Waals surface area contributed by atoms with Crippen LogP contribution in [0.3, 0.4) is 0 Å². The SMILES string of the molecule is CN(C)C1C(=O)C(C(N)=O)C(=N)C2(O)C(=O)C3C(=O)c4c(O)cc(C5CCCN5C)c(Cl)c4CC3CC12. The number of aromatic hydroxyl groups is 1. The number of rotatable bonds is 3. The molecule has 11 heteroatoms. The molecule has 1 heterocycles. The van der Waals surface area contributed by atoms with Gasteiger partial charge in [-0.05, 0) is 76.5 Å². The monoisotopic (exact) mass is 530 g/mol. The molecule has 1 saturated heterocycles. The van der Waals surface area contributed by atoms with Crippen LogP contribution in [0.1, 0.15) is 46.8 Å². The Morgan fingerprint density at radius 3 is 2.54 bits per heavy atom. The lowest BCUT2D eigenvalue weighted by atomic mass is 9.52. The standard InChI is InChI=1S/C26H31ClN4O6/c1-30(2)20-13-8-10-7-12-17(15(32)9-11(19(12)27)14-5-4-6-31(14)3)21(33)16(10)24(35)26(13,37)23(28)18(22(20)34)25(29)36/h9-10,13-14,16,18,20,28,32,37H,4-8H2,1-3H3,(H2,29,36). The van der Waals surface area contributed by atoms with E-state index < -0.39 is 64.3 Å². The molecule has 3 aliphatic carbocycles. The Bertz CT molecular complexity index is 1260. The minimum absolute atomic E-state index is 0.00472. The lowest BCUT2D eigenvalue weighted by molar-refractivity contribution is -0.157. The minimum Gasteiger partial charge on any atom is -0.507 e. The number of phenols is 1. The van der Waals surface area contributed by atoms with Crippen molar-refractivity contribution in [2.45, 2.75) is 43.4 Å². The number of hydrogen-bond acceptors (Lipinski definition) is 9. The summed E-state index contributed by atoms with van der Waals surface area (Å²) in [6, 6.07) is 0.429. The fraction of sp³-hybridized carbons (Fsp3) is 0.577. The van der Waals surface area contributed by atoms with Crippen LogP contribution in [0.4, 0.5) is 0 Å². The molecule has 1 amide bonds. The molecule has 0 radical (unpaired) electrons. The van der Waals surface area contributed by atoms with Crippen molar-refractivity contribution in [3.63, 3.8) is 0 Å². The molecule has 1 aliphatic heterocycles. The van der Waals surface area contributed by atoms with E-state index >= 15 is 0 Å². The van der Waals surface area contributed by atoms with Crippen LogP contribution in [0.2, 0.25) is 5.02 Å². The highest BCUT2D eigenvalue weighted by atomic mass is 35.5.